The highest BCUT2D eigenvalue weighted by Gasteiger charge is 2.59. The first kappa shape index (κ1) is 33.2. The highest BCUT2D eigenvalue weighted by Crippen LogP contribution is 2.67. The zero-order valence-corrected chi connectivity index (χ0v) is 34.4. The van der Waals surface area contributed by atoms with Crippen molar-refractivity contribution in [2.24, 2.45) is 0 Å². The van der Waals surface area contributed by atoms with Gasteiger partial charge in [-0.2, -0.15) is 0 Å². The minimum atomic E-state index is -0.551. The molecule has 3 aliphatic rings. The zero-order valence-electron chi connectivity index (χ0n) is 33.6. The van der Waals surface area contributed by atoms with Gasteiger partial charge in [0, 0.05) is 42.0 Å². The van der Waals surface area contributed by atoms with Crippen LogP contribution in [0, 0.1) is 0 Å². The first-order valence-corrected chi connectivity index (χ1v) is 22.5. The van der Waals surface area contributed by atoms with Crippen molar-refractivity contribution in [3.8, 4) is 27.9 Å². The van der Waals surface area contributed by atoms with Crippen molar-refractivity contribution >= 4 is 64.1 Å². The van der Waals surface area contributed by atoms with E-state index in [1.54, 1.807) is 0 Å². The smallest absolute Gasteiger partial charge is 0.0720 e. The van der Waals surface area contributed by atoms with E-state index in [9.17, 15) is 0 Å². The molecular formula is C60H35NS. The van der Waals surface area contributed by atoms with Crippen LogP contribution in [0.25, 0.3) is 80.7 Å². The van der Waals surface area contributed by atoms with Gasteiger partial charge < -0.3 is 4.57 Å². The minimum Gasteiger partial charge on any atom is -0.309 e. The molecular weight excluding hydrogens is 767 g/mol. The number of thiophene rings is 1. The van der Waals surface area contributed by atoms with Gasteiger partial charge in [0.25, 0.3) is 0 Å². The van der Waals surface area contributed by atoms with Crippen molar-refractivity contribution in [3.63, 3.8) is 0 Å². The van der Waals surface area contributed by atoms with Crippen LogP contribution >= 0.6 is 11.3 Å². The zero-order chi connectivity index (χ0) is 40.3. The summed E-state index contributed by atoms with van der Waals surface area (Å²) in [5.41, 5.74) is 18.8. The largest absolute Gasteiger partial charge is 0.309 e. The van der Waals surface area contributed by atoms with E-state index >= 15 is 0 Å². The van der Waals surface area contributed by atoms with E-state index in [1.165, 1.54) is 125 Å². The van der Waals surface area contributed by atoms with Gasteiger partial charge in [0.05, 0.1) is 21.9 Å². The topological polar surface area (TPSA) is 4.93 Å². The Morgan fingerprint density at radius 1 is 0.306 bits per heavy atom. The number of aromatic nitrogens is 1. The minimum absolute atomic E-state index is 0.465. The Balaban J connectivity index is 1.10. The van der Waals surface area contributed by atoms with Crippen LogP contribution in [0.2, 0.25) is 0 Å². The maximum Gasteiger partial charge on any atom is 0.0720 e. The molecule has 62 heavy (non-hydrogen) atoms. The summed E-state index contributed by atoms with van der Waals surface area (Å²) in [6, 6.07) is 81.1. The molecule has 15 rings (SSSR count). The molecule has 2 aromatic heterocycles. The molecule has 0 atom stereocenters. The number of fused-ring (bicyclic) bond motifs is 24. The van der Waals surface area contributed by atoms with Crippen molar-refractivity contribution < 1.29 is 0 Å². The number of hydrogen-bond acceptors (Lipinski definition) is 1. The highest BCUT2D eigenvalue weighted by molar-refractivity contribution is 7.25. The van der Waals surface area contributed by atoms with Crippen molar-refractivity contribution in [2.45, 2.75) is 10.8 Å². The van der Waals surface area contributed by atoms with Gasteiger partial charge in [-0.15, -0.1) is 11.3 Å². The van der Waals surface area contributed by atoms with Crippen LogP contribution in [0.1, 0.15) is 44.5 Å². The molecule has 12 aromatic rings. The van der Waals surface area contributed by atoms with E-state index in [2.05, 4.69) is 217 Å². The standard InChI is InChI=1S/C60H35NS/c1-2-16-38-36(15-1)29-31-43-45-34-54-44(35-55(45)61(58(38)43)37-30-32-57-46(33-37)42-20-6-14-28-56(42)62-57)41-19-5-9-23-49(41)60(54)52-26-12-10-24-50(52)59(51-25-11-13-27-53(51)60)47-21-7-3-17-39(47)40-18-4-8-22-48(40)59/h1-35H. The van der Waals surface area contributed by atoms with Crippen LogP contribution in [-0.2, 0) is 10.8 Å². The lowest BCUT2D eigenvalue weighted by Gasteiger charge is -2.48. The van der Waals surface area contributed by atoms with E-state index in [-0.39, 0.29) is 0 Å². The maximum atomic E-state index is 2.60. The Bertz CT molecular complexity index is 3860. The Kier molecular flexibility index (Phi) is 6.24. The normalized spacial score (nSPS) is 14.7. The Morgan fingerprint density at radius 2 is 0.806 bits per heavy atom. The van der Waals surface area contributed by atoms with Crippen LogP contribution in [0.4, 0.5) is 0 Å². The summed E-state index contributed by atoms with van der Waals surface area (Å²) in [5.74, 6) is 0. The molecule has 2 heteroatoms. The van der Waals surface area contributed by atoms with E-state index in [1.807, 2.05) is 11.3 Å². The second-order valence-electron chi connectivity index (χ2n) is 17.4. The molecule has 0 unspecified atom stereocenters. The van der Waals surface area contributed by atoms with Crippen LogP contribution in [-0.4, -0.2) is 4.57 Å². The van der Waals surface area contributed by atoms with Crippen molar-refractivity contribution in [3.05, 3.63) is 257 Å². The van der Waals surface area contributed by atoms with Gasteiger partial charge in [-0.25, -0.2) is 0 Å². The van der Waals surface area contributed by atoms with Gasteiger partial charge in [-0.1, -0.05) is 176 Å². The molecule has 0 radical (unpaired) electrons. The monoisotopic (exact) mass is 801 g/mol. The summed E-state index contributed by atoms with van der Waals surface area (Å²) < 4.78 is 5.21. The number of benzene rings is 10. The fourth-order valence-corrected chi connectivity index (χ4v) is 13.7. The first-order valence-electron chi connectivity index (χ1n) is 21.7. The summed E-state index contributed by atoms with van der Waals surface area (Å²) in [7, 11) is 0. The predicted octanol–water partition coefficient (Wildman–Crippen LogP) is 15.3. The second kappa shape index (κ2) is 11.6. The van der Waals surface area contributed by atoms with Crippen LogP contribution in [0.15, 0.2) is 212 Å². The molecule has 1 nitrogen and oxygen atoms in total. The average Bonchev–Trinajstić information content (AvgIpc) is 4.05. The highest BCUT2D eigenvalue weighted by atomic mass is 32.1. The van der Waals surface area contributed by atoms with E-state index in [0.717, 1.165) is 0 Å². The number of hydrogen-bond donors (Lipinski definition) is 0. The first-order chi connectivity index (χ1) is 30.8. The molecule has 0 amide bonds. The van der Waals surface area contributed by atoms with E-state index in [4.69, 9.17) is 0 Å². The molecule has 2 spiro atoms. The van der Waals surface area contributed by atoms with Gasteiger partial charge in [0.15, 0.2) is 0 Å². The third kappa shape index (κ3) is 3.79. The molecule has 286 valence electrons. The molecule has 0 aliphatic heterocycles. The van der Waals surface area contributed by atoms with Gasteiger partial charge in [0.2, 0.25) is 0 Å². The molecule has 0 fully saturated rings. The van der Waals surface area contributed by atoms with Crippen LogP contribution in [0.3, 0.4) is 0 Å². The Hall–Kier alpha value is -7.52. The van der Waals surface area contributed by atoms with Crippen molar-refractivity contribution in [1.82, 2.24) is 4.57 Å². The molecule has 3 aliphatic carbocycles. The molecule has 0 N–H and O–H groups in total. The lowest BCUT2D eigenvalue weighted by molar-refractivity contribution is 0.633. The molecule has 0 saturated carbocycles. The quantitative estimate of drug-likeness (QED) is 0.156. The molecule has 0 bridgehead atoms. The molecule has 0 saturated heterocycles. The Morgan fingerprint density at radius 3 is 1.45 bits per heavy atom. The van der Waals surface area contributed by atoms with E-state index in [0.29, 0.717) is 0 Å². The third-order valence-electron chi connectivity index (χ3n) is 14.9. The predicted molar refractivity (Wildman–Crippen MR) is 259 cm³/mol. The lowest BCUT2D eigenvalue weighted by Crippen LogP contribution is -2.43. The van der Waals surface area contributed by atoms with Gasteiger partial charge in [-0.05, 0) is 109 Å². The molecule has 10 aromatic carbocycles. The average molecular weight is 802 g/mol. The molecule has 2 heterocycles. The lowest BCUT2D eigenvalue weighted by atomic mass is 9.52. The summed E-state index contributed by atoms with van der Waals surface area (Å²) >= 11 is 1.88. The van der Waals surface area contributed by atoms with Gasteiger partial charge >= 0.3 is 0 Å². The number of nitrogens with zero attached hydrogens (tertiary/aromatic N) is 1. The third-order valence-corrected chi connectivity index (χ3v) is 16.0. The van der Waals surface area contributed by atoms with Gasteiger partial charge in [0.1, 0.15) is 0 Å². The summed E-state index contributed by atoms with van der Waals surface area (Å²) in [4.78, 5) is 0. The maximum absolute atomic E-state index is 2.60. The number of rotatable bonds is 1. The van der Waals surface area contributed by atoms with Gasteiger partial charge in [-0.3, -0.25) is 0 Å². The second-order valence-corrected chi connectivity index (χ2v) is 18.5. The fourth-order valence-electron chi connectivity index (χ4n) is 12.6. The fraction of sp³-hybridized carbons (Fsp3) is 0.0333. The van der Waals surface area contributed by atoms with Crippen molar-refractivity contribution in [1.29, 1.82) is 0 Å². The summed E-state index contributed by atoms with van der Waals surface area (Å²) in [6.45, 7) is 0. The van der Waals surface area contributed by atoms with Crippen LogP contribution < -0.4 is 0 Å². The van der Waals surface area contributed by atoms with Crippen molar-refractivity contribution in [2.75, 3.05) is 0 Å². The Labute approximate surface area is 362 Å². The summed E-state index contributed by atoms with van der Waals surface area (Å²) in [6.07, 6.45) is 0. The summed E-state index contributed by atoms with van der Waals surface area (Å²) in [5, 5.41) is 7.69. The SMILES string of the molecule is c1ccc2c(c1)-c1ccccc1C21c2ccccc2C2(c3ccccc3-c3cc4c(cc32)c2ccc3ccccc3c2n4-c2ccc3sc4ccccc4c3c2)c2ccccc21. The van der Waals surface area contributed by atoms with Crippen LogP contribution in [0.5, 0.6) is 0 Å². The van der Waals surface area contributed by atoms with E-state index < -0.39 is 10.8 Å².